The molecule has 1 aliphatic heterocycles. The molecule has 28 heavy (non-hydrogen) atoms. The molecular weight excluding hydrogens is 414 g/mol. The third-order valence-electron chi connectivity index (χ3n) is 5.34. The van der Waals surface area contributed by atoms with Gasteiger partial charge in [0.1, 0.15) is 10.4 Å². The average molecular weight is 444 g/mol. The summed E-state index contributed by atoms with van der Waals surface area (Å²) in [5, 5.41) is 5.77. The van der Waals surface area contributed by atoms with E-state index in [-0.39, 0.29) is 0 Å². The molecule has 2 aromatic rings. The molecule has 6 heteroatoms. The maximum absolute atomic E-state index is 4.86. The van der Waals surface area contributed by atoms with E-state index in [1.54, 1.807) is 0 Å². The molecule has 1 aliphatic rings. The van der Waals surface area contributed by atoms with Gasteiger partial charge in [-0.1, -0.05) is 19.9 Å². The molecule has 0 atom stereocenters. The Labute approximate surface area is 176 Å². The smallest absolute Gasteiger partial charge is 0.127 e. The lowest BCUT2D eigenvalue weighted by Gasteiger charge is -2.34. The van der Waals surface area contributed by atoms with E-state index in [9.17, 15) is 0 Å². The minimum absolute atomic E-state index is 0.404. The molecule has 2 aromatic heterocycles. The number of pyridine rings is 1. The zero-order valence-electron chi connectivity index (χ0n) is 17.5. The highest BCUT2D eigenvalue weighted by Gasteiger charge is 2.24. The lowest BCUT2D eigenvalue weighted by atomic mass is 10.0. The molecule has 0 amide bonds. The minimum atomic E-state index is 0.404. The van der Waals surface area contributed by atoms with Crippen molar-refractivity contribution in [1.82, 2.24) is 19.7 Å². The highest BCUT2D eigenvalue weighted by atomic mass is 79.9. The van der Waals surface area contributed by atoms with Gasteiger partial charge in [-0.25, -0.2) is 9.98 Å². The summed E-state index contributed by atoms with van der Waals surface area (Å²) in [6.07, 6.45) is 10.1. The highest BCUT2D eigenvalue weighted by Crippen LogP contribution is 2.29. The van der Waals surface area contributed by atoms with Crippen LogP contribution in [0.3, 0.4) is 0 Å². The van der Waals surface area contributed by atoms with Crippen molar-refractivity contribution in [2.45, 2.75) is 53.5 Å². The predicted molar refractivity (Wildman–Crippen MR) is 121 cm³/mol. The first-order valence-electron chi connectivity index (χ1n) is 10.0. The number of piperidine rings is 1. The van der Waals surface area contributed by atoms with Crippen molar-refractivity contribution in [3.8, 4) is 0 Å². The van der Waals surface area contributed by atoms with Gasteiger partial charge in [-0.05, 0) is 72.7 Å². The van der Waals surface area contributed by atoms with Gasteiger partial charge in [0.15, 0.2) is 0 Å². The van der Waals surface area contributed by atoms with Gasteiger partial charge in [0.25, 0.3) is 0 Å². The van der Waals surface area contributed by atoms with Crippen LogP contribution < -0.4 is 0 Å². The Morgan fingerprint density at radius 1 is 1.25 bits per heavy atom. The minimum Gasteiger partial charge on any atom is -0.357 e. The first kappa shape index (κ1) is 20.8. The molecular formula is C22H30BrN5. The lowest BCUT2D eigenvalue weighted by Crippen LogP contribution is -2.34. The predicted octanol–water partition coefficient (Wildman–Crippen LogP) is 5.76. The van der Waals surface area contributed by atoms with Crippen molar-refractivity contribution in [3.63, 3.8) is 0 Å². The summed E-state index contributed by atoms with van der Waals surface area (Å²) < 4.78 is 3.00. The number of rotatable bonds is 5. The number of nitrogens with zero attached hydrogens (tertiary/aromatic N) is 5. The Balaban J connectivity index is 1.72. The molecule has 1 fully saturated rings. The van der Waals surface area contributed by atoms with Crippen molar-refractivity contribution in [3.05, 3.63) is 46.1 Å². The fraction of sp³-hybridized carbons (Fsp3) is 0.500. The SMILES string of the molecule is C/C=C(\C=N/C(=C(C)C)N1CCC(n2ncc3cc(Br)ncc32)CC1)C(C)C. The van der Waals surface area contributed by atoms with Gasteiger partial charge in [-0.2, -0.15) is 5.10 Å². The number of fused-ring (bicyclic) bond motifs is 1. The highest BCUT2D eigenvalue weighted by molar-refractivity contribution is 9.10. The number of aliphatic imine (C=N–C) groups is 1. The van der Waals surface area contributed by atoms with E-state index in [0.29, 0.717) is 12.0 Å². The largest absolute Gasteiger partial charge is 0.357 e. The van der Waals surface area contributed by atoms with E-state index in [1.807, 2.05) is 24.7 Å². The number of hydrogen-bond donors (Lipinski definition) is 0. The second-order valence-corrected chi connectivity index (χ2v) is 8.71. The Morgan fingerprint density at radius 3 is 2.57 bits per heavy atom. The zero-order valence-corrected chi connectivity index (χ0v) is 19.1. The number of hydrogen-bond acceptors (Lipinski definition) is 4. The normalized spacial score (nSPS) is 16.5. The quantitative estimate of drug-likeness (QED) is 0.436. The fourth-order valence-corrected chi connectivity index (χ4v) is 4.10. The van der Waals surface area contributed by atoms with Crippen LogP contribution in [0.25, 0.3) is 10.9 Å². The zero-order chi connectivity index (χ0) is 20.3. The molecule has 0 saturated carbocycles. The summed E-state index contributed by atoms with van der Waals surface area (Å²) in [6, 6.07) is 2.43. The number of allylic oxidation sites excluding steroid dienone is 3. The van der Waals surface area contributed by atoms with Crippen molar-refractivity contribution in [2.75, 3.05) is 13.1 Å². The van der Waals surface area contributed by atoms with Crippen LogP contribution >= 0.6 is 15.9 Å². The monoisotopic (exact) mass is 443 g/mol. The van der Waals surface area contributed by atoms with Crippen molar-refractivity contribution >= 4 is 33.0 Å². The summed E-state index contributed by atoms with van der Waals surface area (Å²) in [7, 11) is 0. The van der Waals surface area contributed by atoms with Gasteiger partial charge in [0.2, 0.25) is 0 Å². The molecule has 1 saturated heterocycles. The lowest BCUT2D eigenvalue weighted by molar-refractivity contribution is 0.219. The summed E-state index contributed by atoms with van der Waals surface area (Å²) in [4.78, 5) is 11.7. The molecule has 0 aromatic carbocycles. The Hall–Kier alpha value is -1.95. The Morgan fingerprint density at radius 2 is 1.96 bits per heavy atom. The summed E-state index contributed by atoms with van der Waals surface area (Å²) in [5.74, 6) is 1.59. The van der Waals surface area contributed by atoms with Crippen LogP contribution in [0.2, 0.25) is 0 Å². The van der Waals surface area contributed by atoms with Gasteiger partial charge in [0.05, 0.1) is 24.0 Å². The molecule has 5 nitrogen and oxygen atoms in total. The summed E-state index contributed by atoms with van der Waals surface area (Å²) in [6.45, 7) is 12.8. The van der Waals surface area contributed by atoms with Gasteiger partial charge in [-0.15, -0.1) is 0 Å². The second-order valence-electron chi connectivity index (χ2n) is 7.90. The van der Waals surface area contributed by atoms with Crippen LogP contribution in [-0.2, 0) is 0 Å². The number of likely N-dealkylation sites (tertiary alicyclic amines) is 1. The topological polar surface area (TPSA) is 46.3 Å². The van der Waals surface area contributed by atoms with E-state index in [1.165, 1.54) is 11.1 Å². The van der Waals surface area contributed by atoms with Crippen LogP contribution in [0.5, 0.6) is 0 Å². The molecule has 0 spiro atoms. The summed E-state index contributed by atoms with van der Waals surface area (Å²) >= 11 is 3.44. The van der Waals surface area contributed by atoms with E-state index in [4.69, 9.17) is 4.99 Å². The second kappa shape index (κ2) is 9.03. The van der Waals surface area contributed by atoms with Crippen LogP contribution in [-0.4, -0.2) is 39.0 Å². The molecule has 150 valence electrons. The molecule has 3 rings (SSSR count). The van der Waals surface area contributed by atoms with E-state index < -0.39 is 0 Å². The summed E-state index contributed by atoms with van der Waals surface area (Å²) in [5.41, 5.74) is 3.64. The van der Waals surface area contributed by atoms with E-state index in [2.05, 4.69) is 76.3 Å². The van der Waals surface area contributed by atoms with Crippen molar-refractivity contribution in [1.29, 1.82) is 0 Å². The molecule has 3 heterocycles. The first-order chi connectivity index (χ1) is 13.4. The molecule has 0 radical (unpaired) electrons. The van der Waals surface area contributed by atoms with E-state index >= 15 is 0 Å². The number of halogens is 1. The molecule has 0 unspecified atom stereocenters. The van der Waals surface area contributed by atoms with Gasteiger partial charge < -0.3 is 4.90 Å². The third kappa shape index (κ3) is 4.54. The number of aromatic nitrogens is 3. The van der Waals surface area contributed by atoms with Crippen LogP contribution in [0, 0.1) is 5.92 Å². The van der Waals surface area contributed by atoms with Crippen molar-refractivity contribution in [2.24, 2.45) is 10.9 Å². The third-order valence-corrected chi connectivity index (χ3v) is 5.78. The van der Waals surface area contributed by atoms with Crippen LogP contribution in [0.1, 0.15) is 53.5 Å². The molecule has 0 N–H and O–H groups in total. The van der Waals surface area contributed by atoms with Crippen molar-refractivity contribution < 1.29 is 0 Å². The van der Waals surface area contributed by atoms with Gasteiger partial charge in [-0.3, -0.25) is 4.68 Å². The first-order valence-corrected chi connectivity index (χ1v) is 10.8. The van der Waals surface area contributed by atoms with Crippen LogP contribution in [0.4, 0.5) is 0 Å². The Bertz CT molecular complexity index is 910. The maximum atomic E-state index is 4.86. The Kier molecular flexibility index (Phi) is 6.70. The average Bonchev–Trinajstić information content (AvgIpc) is 3.08. The standard InChI is InChI=1S/C22H30BrN5/c1-6-17(15(2)3)12-25-22(16(4)5)27-9-7-19(8-10-27)28-20-14-24-21(23)11-18(20)13-26-28/h6,11-15,19H,7-10H2,1-5H3/b17-6+,25-12-. The molecule has 0 bridgehead atoms. The van der Waals surface area contributed by atoms with Gasteiger partial charge in [0, 0.05) is 24.7 Å². The van der Waals surface area contributed by atoms with Crippen LogP contribution in [0.15, 0.2) is 51.1 Å². The van der Waals surface area contributed by atoms with E-state index in [0.717, 1.165) is 47.3 Å². The fourth-order valence-electron chi connectivity index (χ4n) is 3.75. The maximum Gasteiger partial charge on any atom is 0.127 e. The molecule has 0 aliphatic carbocycles. The van der Waals surface area contributed by atoms with Gasteiger partial charge >= 0.3 is 0 Å².